The van der Waals surface area contributed by atoms with Gasteiger partial charge in [0, 0.05) is 9.30 Å². The Morgan fingerprint density at radius 1 is 0.950 bits per heavy atom. The van der Waals surface area contributed by atoms with Crippen LogP contribution in [0.4, 0.5) is 0 Å². The van der Waals surface area contributed by atoms with Gasteiger partial charge in [-0.2, -0.15) is 0 Å². The zero-order valence-electron chi connectivity index (χ0n) is 11.8. The monoisotopic (exact) mass is 396 g/mol. The third-order valence-corrected chi connectivity index (χ3v) is 7.39. The Kier molecular flexibility index (Phi) is 3.54. The summed E-state index contributed by atoms with van der Waals surface area (Å²) >= 11 is 7.52. The molecule has 4 bridgehead atoms. The molecule has 1 aromatic rings. The van der Waals surface area contributed by atoms with E-state index in [1.807, 2.05) is 0 Å². The fraction of sp³-hybridized carbons (Fsp3) is 0.667. The van der Waals surface area contributed by atoms with Crippen LogP contribution in [0.5, 0.6) is 0 Å². The molecule has 0 amide bonds. The van der Waals surface area contributed by atoms with Gasteiger partial charge in [-0.15, -0.1) is 0 Å². The van der Waals surface area contributed by atoms with Gasteiger partial charge in [0.05, 0.1) is 0 Å². The second-order valence-electron chi connectivity index (χ2n) is 7.64. The van der Waals surface area contributed by atoms with Crippen molar-refractivity contribution in [2.24, 2.45) is 23.2 Å². The molecule has 2 heteroatoms. The number of rotatable bonds is 3. The Bertz CT molecular complexity index is 455. The van der Waals surface area contributed by atoms with Crippen LogP contribution in [0.15, 0.2) is 28.7 Å². The molecular formula is C18H22Br2. The zero-order chi connectivity index (χ0) is 13.7. The van der Waals surface area contributed by atoms with E-state index in [0.717, 1.165) is 17.8 Å². The molecule has 4 fully saturated rings. The van der Waals surface area contributed by atoms with Gasteiger partial charge in [0.1, 0.15) is 0 Å². The lowest BCUT2D eigenvalue weighted by Crippen LogP contribution is -2.46. The first kappa shape index (κ1) is 13.8. The summed E-state index contributed by atoms with van der Waals surface area (Å²) in [5.74, 6) is 3.18. The Morgan fingerprint density at radius 3 is 1.95 bits per heavy atom. The Morgan fingerprint density at radius 2 is 1.45 bits per heavy atom. The van der Waals surface area contributed by atoms with Crippen LogP contribution in [-0.2, 0) is 0 Å². The number of halogens is 2. The van der Waals surface area contributed by atoms with Gasteiger partial charge in [0.15, 0.2) is 0 Å². The highest BCUT2D eigenvalue weighted by Gasteiger charge is 2.51. The molecule has 0 aliphatic heterocycles. The molecule has 0 aromatic heterocycles. The van der Waals surface area contributed by atoms with Crippen LogP contribution >= 0.6 is 31.9 Å². The van der Waals surface area contributed by atoms with Crippen molar-refractivity contribution in [1.82, 2.24) is 0 Å². The van der Waals surface area contributed by atoms with Gasteiger partial charge in [0.2, 0.25) is 0 Å². The minimum absolute atomic E-state index is 0.534. The van der Waals surface area contributed by atoms with Gasteiger partial charge >= 0.3 is 0 Å². The van der Waals surface area contributed by atoms with Gasteiger partial charge in [-0.25, -0.2) is 0 Å². The molecular weight excluding hydrogens is 376 g/mol. The summed E-state index contributed by atoms with van der Waals surface area (Å²) in [4.78, 5) is 0.534. The van der Waals surface area contributed by atoms with Gasteiger partial charge in [0.25, 0.3) is 0 Å². The number of hydrogen-bond acceptors (Lipinski definition) is 0. The smallest absolute Gasteiger partial charge is 0.0400 e. The van der Waals surface area contributed by atoms with Crippen molar-refractivity contribution in [2.45, 2.75) is 49.8 Å². The molecule has 0 spiro atoms. The highest BCUT2D eigenvalue weighted by Crippen LogP contribution is 2.63. The van der Waals surface area contributed by atoms with Crippen LogP contribution in [0, 0.1) is 23.2 Å². The predicted octanol–water partition coefficient (Wildman–Crippen LogP) is 6.49. The summed E-state index contributed by atoms with van der Waals surface area (Å²) in [6.07, 6.45) is 10.5. The molecule has 1 atom stereocenters. The van der Waals surface area contributed by atoms with Crippen molar-refractivity contribution in [3.05, 3.63) is 34.3 Å². The molecule has 1 aromatic carbocycles. The Labute approximate surface area is 139 Å². The molecule has 4 aliphatic carbocycles. The summed E-state index contributed by atoms with van der Waals surface area (Å²) in [5, 5.41) is 0. The molecule has 4 saturated carbocycles. The van der Waals surface area contributed by atoms with E-state index in [9.17, 15) is 0 Å². The van der Waals surface area contributed by atoms with E-state index in [1.54, 1.807) is 19.3 Å². The fourth-order valence-electron chi connectivity index (χ4n) is 5.71. The van der Waals surface area contributed by atoms with Crippen molar-refractivity contribution >= 4 is 31.9 Å². The summed E-state index contributed by atoms with van der Waals surface area (Å²) in [5.41, 5.74) is 2.11. The number of alkyl halides is 1. The van der Waals surface area contributed by atoms with Crippen molar-refractivity contribution in [2.75, 3.05) is 0 Å². The van der Waals surface area contributed by atoms with Crippen molar-refractivity contribution in [3.8, 4) is 0 Å². The average Bonchev–Trinajstić information content (AvgIpc) is 2.37. The average molecular weight is 398 g/mol. The largest absolute Gasteiger partial charge is 0.0839 e. The first-order valence-corrected chi connectivity index (χ1v) is 9.72. The van der Waals surface area contributed by atoms with Crippen molar-refractivity contribution in [3.63, 3.8) is 0 Å². The van der Waals surface area contributed by atoms with Crippen LogP contribution in [0.3, 0.4) is 0 Å². The highest BCUT2D eigenvalue weighted by molar-refractivity contribution is 9.10. The molecule has 5 rings (SSSR count). The minimum Gasteiger partial charge on any atom is -0.0839 e. The molecule has 0 radical (unpaired) electrons. The molecule has 0 nitrogen and oxygen atoms in total. The Hall–Kier alpha value is 0.180. The van der Waals surface area contributed by atoms with E-state index in [4.69, 9.17) is 0 Å². The van der Waals surface area contributed by atoms with Gasteiger partial charge in [-0.1, -0.05) is 44.0 Å². The zero-order valence-corrected chi connectivity index (χ0v) is 15.0. The maximum atomic E-state index is 3.99. The van der Waals surface area contributed by atoms with Crippen molar-refractivity contribution < 1.29 is 0 Å². The van der Waals surface area contributed by atoms with Crippen molar-refractivity contribution in [1.29, 1.82) is 0 Å². The summed E-state index contributed by atoms with van der Waals surface area (Å²) in [6.45, 7) is 0. The Balaban J connectivity index is 1.52. The molecule has 0 N–H and O–H groups in total. The van der Waals surface area contributed by atoms with E-state index < -0.39 is 0 Å². The summed E-state index contributed by atoms with van der Waals surface area (Å²) < 4.78 is 1.18. The second kappa shape index (κ2) is 5.12. The quantitative estimate of drug-likeness (QED) is 0.511. The summed E-state index contributed by atoms with van der Waals surface area (Å²) in [6, 6.07) is 8.88. The first-order valence-electron chi connectivity index (χ1n) is 8.01. The molecule has 1 unspecified atom stereocenters. The van der Waals surface area contributed by atoms with E-state index in [2.05, 4.69) is 56.1 Å². The van der Waals surface area contributed by atoms with Gasteiger partial charge in [-0.05, 0) is 85.8 Å². The fourth-order valence-corrected chi connectivity index (χ4v) is 6.97. The van der Waals surface area contributed by atoms with Gasteiger partial charge < -0.3 is 0 Å². The van der Waals surface area contributed by atoms with E-state index in [-0.39, 0.29) is 0 Å². The van der Waals surface area contributed by atoms with Gasteiger partial charge in [-0.3, -0.25) is 0 Å². The maximum Gasteiger partial charge on any atom is 0.0400 e. The molecule has 20 heavy (non-hydrogen) atoms. The van der Waals surface area contributed by atoms with Crippen LogP contribution in [0.2, 0.25) is 0 Å². The highest BCUT2D eigenvalue weighted by atomic mass is 79.9. The minimum atomic E-state index is 0.534. The second-order valence-corrected chi connectivity index (χ2v) is 9.66. The maximum absolute atomic E-state index is 3.99. The third kappa shape index (κ3) is 2.52. The molecule has 108 valence electrons. The predicted molar refractivity (Wildman–Crippen MR) is 91.0 cm³/mol. The lowest BCUT2D eigenvalue weighted by Gasteiger charge is -2.57. The lowest BCUT2D eigenvalue weighted by molar-refractivity contribution is -0.0571. The summed E-state index contributed by atoms with van der Waals surface area (Å²) in [7, 11) is 0. The van der Waals surface area contributed by atoms with E-state index in [0.29, 0.717) is 10.2 Å². The SMILES string of the molecule is Brc1ccc(C(Br)CC23CC4CC(CC(C4)C2)C3)cc1. The molecule has 4 aliphatic rings. The van der Waals surface area contributed by atoms with Crippen LogP contribution in [0.1, 0.15) is 55.3 Å². The normalized spacial score (nSPS) is 40.0. The number of benzene rings is 1. The number of hydrogen-bond donors (Lipinski definition) is 0. The molecule has 0 heterocycles. The third-order valence-electron chi connectivity index (χ3n) is 6.01. The van der Waals surface area contributed by atoms with Crippen LogP contribution in [-0.4, -0.2) is 0 Å². The van der Waals surface area contributed by atoms with Crippen LogP contribution < -0.4 is 0 Å². The van der Waals surface area contributed by atoms with Crippen LogP contribution in [0.25, 0.3) is 0 Å². The first-order chi connectivity index (χ1) is 9.62. The molecule has 0 saturated heterocycles. The topological polar surface area (TPSA) is 0 Å². The standard InChI is InChI=1S/C18H22Br2/c19-16-3-1-15(2-4-16)17(20)11-18-8-12-5-13(9-18)7-14(6-12)10-18/h1-4,12-14,17H,5-11H2. The van der Waals surface area contributed by atoms with E-state index in [1.165, 1.54) is 35.7 Å². The van der Waals surface area contributed by atoms with E-state index >= 15 is 0 Å². The lowest BCUT2D eigenvalue weighted by atomic mass is 9.48.